The molecule has 1 unspecified atom stereocenters. The topological polar surface area (TPSA) is 63.9 Å². The fraction of sp³-hybridized carbons (Fsp3) is 0.600. The summed E-state index contributed by atoms with van der Waals surface area (Å²) in [6.45, 7) is 7.34. The Labute approximate surface area is 191 Å². The molecule has 0 amide bonds. The number of benzene rings is 1. The number of ether oxygens (including phenoxy) is 2. The molecule has 7 heteroatoms. The molecule has 0 bridgehead atoms. The van der Waals surface area contributed by atoms with Crippen LogP contribution in [0.1, 0.15) is 44.6 Å². The largest absolute Gasteiger partial charge is 0.376 e. The van der Waals surface area contributed by atoms with Gasteiger partial charge in [-0.1, -0.05) is 18.2 Å². The summed E-state index contributed by atoms with van der Waals surface area (Å²) in [5, 5.41) is 7.95. The van der Waals surface area contributed by atoms with Crippen LogP contribution in [0.2, 0.25) is 0 Å². The van der Waals surface area contributed by atoms with Crippen LogP contribution in [0.25, 0.3) is 5.69 Å². The Morgan fingerprint density at radius 1 is 1.19 bits per heavy atom. The summed E-state index contributed by atoms with van der Waals surface area (Å²) in [4.78, 5) is 7.26. The highest BCUT2D eigenvalue weighted by Gasteiger charge is 2.23. The molecule has 4 rings (SSSR count). The number of hydrogen-bond acceptors (Lipinski definition) is 4. The Hall–Kier alpha value is -2.38. The van der Waals surface area contributed by atoms with Gasteiger partial charge >= 0.3 is 0 Å². The maximum atomic E-state index is 6.17. The van der Waals surface area contributed by atoms with Crippen molar-refractivity contribution in [3.05, 3.63) is 48.3 Å². The van der Waals surface area contributed by atoms with E-state index < -0.39 is 0 Å². The Morgan fingerprint density at radius 3 is 2.78 bits per heavy atom. The van der Waals surface area contributed by atoms with Crippen molar-refractivity contribution in [2.75, 3.05) is 39.4 Å². The lowest BCUT2D eigenvalue weighted by molar-refractivity contribution is -0.0721. The monoisotopic (exact) mass is 439 g/mol. The van der Waals surface area contributed by atoms with Crippen molar-refractivity contribution in [1.82, 2.24) is 20.0 Å². The third-order valence-corrected chi connectivity index (χ3v) is 6.19. The number of aliphatic imine (C=N–C) groups is 1. The Kier molecular flexibility index (Phi) is 8.56. The predicted molar refractivity (Wildman–Crippen MR) is 127 cm³/mol. The molecule has 3 heterocycles. The normalized spacial score (nSPS) is 20.5. The first-order valence-electron chi connectivity index (χ1n) is 12.2. The average molecular weight is 440 g/mol. The van der Waals surface area contributed by atoms with Crippen LogP contribution >= 0.6 is 0 Å². The van der Waals surface area contributed by atoms with Crippen LogP contribution in [-0.4, -0.2) is 72.2 Å². The van der Waals surface area contributed by atoms with E-state index in [9.17, 15) is 0 Å². The molecule has 2 aliphatic rings. The number of aromatic nitrogens is 2. The summed E-state index contributed by atoms with van der Waals surface area (Å²) in [5.74, 6) is 1.01. The summed E-state index contributed by atoms with van der Waals surface area (Å²) in [5.41, 5.74) is 2.28. The predicted octanol–water partition coefficient (Wildman–Crippen LogP) is 3.43. The van der Waals surface area contributed by atoms with Gasteiger partial charge in [0.15, 0.2) is 5.96 Å². The van der Waals surface area contributed by atoms with Crippen LogP contribution in [0.4, 0.5) is 0 Å². The Bertz CT molecular complexity index is 824. The number of para-hydroxylation sites is 1. The summed E-state index contributed by atoms with van der Waals surface area (Å²) < 4.78 is 13.9. The standard InChI is InChI=1S/C25H37N5O2/c1-2-26-25(27-14-11-21-18-28-30(19-21)22-8-4-3-5-9-22)29-15-12-23(13-16-29)32-20-24-10-6-7-17-31-24/h3-5,8-9,18-19,23-24H,2,6-7,10-17,20H2,1H3,(H,26,27). The second-order valence-electron chi connectivity index (χ2n) is 8.62. The molecule has 1 aromatic carbocycles. The van der Waals surface area contributed by atoms with Crippen LogP contribution in [-0.2, 0) is 15.9 Å². The summed E-state index contributed by atoms with van der Waals surface area (Å²) in [6, 6.07) is 10.2. The highest BCUT2D eigenvalue weighted by molar-refractivity contribution is 5.80. The van der Waals surface area contributed by atoms with Gasteiger partial charge in [-0.05, 0) is 63.1 Å². The van der Waals surface area contributed by atoms with Crippen LogP contribution in [0.5, 0.6) is 0 Å². The molecule has 2 aliphatic heterocycles. The van der Waals surface area contributed by atoms with Gasteiger partial charge < -0.3 is 19.7 Å². The second kappa shape index (κ2) is 12.0. The minimum absolute atomic E-state index is 0.298. The summed E-state index contributed by atoms with van der Waals surface area (Å²) in [7, 11) is 0. The smallest absolute Gasteiger partial charge is 0.193 e. The molecule has 0 saturated carbocycles. The lowest BCUT2D eigenvalue weighted by atomic mass is 10.1. The molecular weight excluding hydrogens is 402 g/mol. The average Bonchev–Trinajstić information content (AvgIpc) is 3.33. The lowest BCUT2D eigenvalue weighted by Gasteiger charge is -2.35. The fourth-order valence-electron chi connectivity index (χ4n) is 4.34. The summed E-state index contributed by atoms with van der Waals surface area (Å²) in [6.07, 6.45) is 11.2. The van der Waals surface area contributed by atoms with Gasteiger partial charge in [0.25, 0.3) is 0 Å². The molecule has 0 aliphatic carbocycles. The van der Waals surface area contributed by atoms with E-state index in [0.29, 0.717) is 12.2 Å². The third kappa shape index (κ3) is 6.56. The first-order chi connectivity index (χ1) is 15.8. The minimum atomic E-state index is 0.298. The molecule has 7 nitrogen and oxygen atoms in total. The van der Waals surface area contributed by atoms with Gasteiger partial charge in [0.2, 0.25) is 0 Å². The second-order valence-corrected chi connectivity index (χ2v) is 8.62. The van der Waals surface area contributed by atoms with Crippen molar-refractivity contribution in [2.45, 2.75) is 57.7 Å². The number of hydrogen-bond donors (Lipinski definition) is 1. The quantitative estimate of drug-likeness (QED) is 0.504. The third-order valence-electron chi connectivity index (χ3n) is 6.19. The van der Waals surface area contributed by atoms with Crippen LogP contribution < -0.4 is 5.32 Å². The van der Waals surface area contributed by atoms with Crippen LogP contribution in [0, 0.1) is 0 Å². The molecule has 2 aromatic rings. The zero-order valence-electron chi connectivity index (χ0n) is 19.3. The van der Waals surface area contributed by atoms with E-state index in [-0.39, 0.29) is 0 Å². The van der Waals surface area contributed by atoms with Gasteiger partial charge in [0.05, 0.1) is 30.7 Å². The first-order valence-corrected chi connectivity index (χ1v) is 12.2. The molecular formula is C25H37N5O2. The maximum absolute atomic E-state index is 6.17. The van der Waals surface area contributed by atoms with Crippen molar-refractivity contribution in [1.29, 1.82) is 0 Å². The van der Waals surface area contributed by atoms with Gasteiger partial charge in [-0.2, -0.15) is 5.10 Å². The molecule has 2 saturated heterocycles. The van der Waals surface area contributed by atoms with E-state index >= 15 is 0 Å². The van der Waals surface area contributed by atoms with E-state index in [0.717, 1.165) is 76.7 Å². The van der Waals surface area contributed by atoms with E-state index in [2.05, 4.69) is 40.6 Å². The number of likely N-dealkylation sites (tertiary alicyclic amines) is 1. The number of piperidine rings is 1. The fourth-order valence-corrected chi connectivity index (χ4v) is 4.34. The van der Waals surface area contributed by atoms with E-state index in [1.807, 2.05) is 29.1 Å². The molecule has 0 radical (unpaired) electrons. The zero-order valence-corrected chi connectivity index (χ0v) is 19.3. The Morgan fingerprint density at radius 2 is 2.03 bits per heavy atom. The highest BCUT2D eigenvalue weighted by atomic mass is 16.5. The van der Waals surface area contributed by atoms with Crippen LogP contribution in [0.15, 0.2) is 47.7 Å². The molecule has 1 atom stereocenters. The highest BCUT2D eigenvalue weighted by Crippen LogP contribution is 2.18. The van der Waals surface area contributed by atoms with E-state index in [1.54, 1.807) is 0 Å². The van der Waals surface area contributed by atoms with Gasteiger partial charge in [0, 0.05) is 39.0 Å². The van der Waals surface area contributed by atoms with Gasteiger partial charge in [-0.25, -0.2) is 4.68 Å². The zero-order chi connectivity index (χ0) is 22.0. The van der Waals surface area contributed by atoms with Crippen molar-refractivity contribution >= 4 is 5.96 Å². The molecule has 32 heavy (non-hydrogen) atoms. The SMILES string of the molecule is CCNC(=NCCc1cnn(-c2ccccc2)c1)N1CCC(OCC2CCCCO2)CC1. The minimum Gasteiger partial charge on any atom is -0.376 e. The maximum Gasteiger partial charge on any atom is 0.193 e. The molecule has 2 fully saturated rings. The van der Waals surface area contributed by atoms with Crippen LogP contribution in [0.3, 0.4) is 0 Å². The molecule has 1 N–H and O–H groups in total. The van der Waals surface area contributed by atoms with Crippen molar-refractivity contribution in [3.8, 4) is 5.69 Å². The van der Waals surface area contributed by atoms with E-state index in [1.165, 1.54) is 18.4 Å². The number of nitrogens with zero attached hydrogens (tertiary/aromatic N) is 4. The molecule has 174 valence electrons. The van der Waals surface area contributed by atoms with Gasteiger partial charge in [-0.3, -0.25) is 4.99 Å². The number of rotatable bonds is 8. The number of nitrogens with one attached hydrogen (secondary N) is 1. The van der Waals surface area contributed by atoms with Crippen molar-refractivity contribution in [2.24, 2.45) is 4.99 Å². The van der Waals surface area contributed by atoms with Gasteiger partial charge in [0.1, 0.15) is 0 Å². The molecule has 0 spiro atoms. The Balaban J connectivity index is 1.23. The molecule has 1 aromatic heterocycles. The van der Waals surface area contributed by atoms with Crippen molar-refractivity contribution in [3.63, 3.8) is 0 Å². The lowest BCUT2D eigenvalue weighted by Crippen LogP contribution is -2.47. The summed E-state index contributed by atoms with van der Waals surface area (Å²) >= 11 is 0. The van der Waals surface area contributed by atoms with E-state index in [4.69, 9.17) is 14.5 Å². The number of guanidine groups is 1. The first kappa shape index (κ1) is 22.8. The van der Waals surface area contributed by atoms with Gasteiger partial charge in [-0.15, -0.1) is 0 Å². The van der Waals surface area contributed by atoms with Crippen molar-refractivity contribution < 1.29 is 9.47 Å².